The Kier molecular flexibility index (Phi) is 4.99. The Morgan fingerprint density at radius 1 is 1.22 bits per heavy atom. The third-order valence-electron chi connectivity index (χ3n) is 4.98. The van der Waals surface area contributed by atoms with Gasteiger partial charge in [-0.3, -0.25) is 4.68 Å². The molecule has 150 valence electrons. The fraction of sp³-hybridized carbons (Fsp3) is 0.737. The third-order valence-corrected chi connectivity index (χ3v) is 6.38. The van der Waals surface area contributed by atoms with Gasteiger partial charge >= 0.3 is 6.09 Å². The maximum atomic E-state index is 12.7. The molecular formula is C19H30N4O3S. The second-order valence-corrected chi connectivity index (χ2v) is 11.3. The number of hydrogen-bond acceptors (Lipinski definition) is 4. The summed E-state index contributed by atoms with van der Waals surface area (Å²) in [6, 6.07) is 1.94. The quantitative estimate of drug-likeness (QED) is 0.733. The van der Waals surface area contributed by atoms with Crippen LogP contribution in [0, 0.1) is 5.41 Å². The summed E-state index contributed by atoms with van der Waals surface area (Å²) in [5.41, 5.74) is 1.09. The Morgan fingerprint density at radius 2 is 1.85 bits per heavy atom. The lowest BCUT2D eigenvalue weighted by Gasteiger charge is -2.39. The van der Waals surface area contributed by atoms with E-state index in [-0.39, 0.29) is 11.5 Å². The maximum absolute atomic E-state index is 12.7. The Hall–Kier alpha value is -1.70. The summed E-state index contributed by atoms with van der Waals surface area (Å²) in [4.78, 5) is 14.1. The number of nitrogens with zero attached hydrogens (tertiary/aromatic N) is 4. The Bertz CT molecular complexity index is 778. The van der Waals surface area contributed by atoms with Crippen LogP contribution in [-0.2, 0) is 22.3 Å². The van der Waals surface area contributed by atoms with E-state index in [0.29, 0.717) is 13.1 Å². The van der Waals surface area contributed by atoms with E-state index < -0.39 is 21.3 Å². The number of aromatic nitrogens is 2. The van der Waals surface area contributed by atoms with Crippen molar-refractivity contribution in [2.24, 2.45) is 9.81 Å². The van der Waals surface area contributed by atoms with Gasteiger partial charge in [0, 0.05) is 24.7 Å². The van der Waals surface area contributed by atoms with Crippen LogP contribution < -0.4 is 0 Å². The van der Waals surface area contributed by atoms with Crippen molar-refractivity contribution >= 4 is 22.8 Å². The highest BCUT2D eigenvalue weighted by molar-refractivity contribution is 7.85. The molecule has 3 rings (SSSR count). The first kappa shape index (κ1) is 20.0. The minimum atomic E-state index is -1.34. The fourth-order valence-electron chi connectivity index (χ4n) is 3.50. The van der Waals surface area contributed by atoms with E-state index in [1.54, 1.807) is 11.1 Å². The minimum Gasteiger partial charge on any atom is -0.444 e. The zero-order valence-corrected chi connectivity index (χ0v) is 17.9. The largest absolute Gasteiger partial charge is 0.444 e. The number of rotatable bonds is 1. The van der Waals surface area contributed by atoms with Crippen molar-refractivity contribution in [2.75, 3.05) is 13.1 Å². The van der Waals surface area contributed by atoms with Crippen molar-refractivity contribution in [1.82, 2.24) is 14.7 Å². The van der Waals surface area contributed by atoms with E-state index in [4.69, 9.17) is 4.74 Å². The Labute approximate surface area is 163 Å². The van der Waals surface area contributed by atoms with Crippen LogP contribution in [0.2, 0.25) is 0 Å². The van der Waals surface area contributed by atoms with Crippen molar-refractivity contribution in [3.63, 3.8) is 0 Å². The molecule has 2 aliphatic heterocycles. The molecular weight excluding hydrogens is 364 g/mol. The molecule has 1 unspecified atom stereocenters. The van der Waals surface area contributed by atoms with Crippen LogP contribution in [0.4, 0.5) is 4.79 Å². The summed E-state index contributed by atoms with van der Waals surface area (Å²) in [5.74, 6) is 0. The molecule has 1 spiro atoms. The minimum absolute atomic E-state index is 0.219. The van der Waals surface area contributed by atoms with Gasteiger partial charge in [0.2, 0.25) is 0 Å². The smallest absolute Gasteiger partial charge is 0.410 e. The van der Waals surface area contributed by atoms with Crippen molar-refractivity contribution in [3.8, 4) is 0 Å². The lowest BCUT2D eigenvalue weighted by molar-refractivity contribution is 0.0150. The molecule has 0 aliphatic carbocycles. The number of piperidine rings is 1. The normalized spacial score (nSPS) is 22.1. The molecule has 3 heterocycles. The molecule has 1 amide bonds. The molecule has 0 aromatic carbocycles. The van der Waals surface area contributed by atoms with Crippen LogP contribution in [0.3, 0.4) is 0 Å². The summed E-state index contributed by atoms with van der Waals surface area (Å²) in [6.07, 6.45) is 3.00. The van der Waals surface area contributed by atoms with Crippen molar-refractivity contribution < 1.29 is 13.7 Å². The summed E-state index contributed by atoms with van der Waals surface area (Å²) in [6.45, 7) is 13.3. The van der Waals surface area contributed by atoms with Gasteiger partial charge in [-0.05, 0) is 60.5 Å². The lowest BCUT2D eigenvalue weighted by Crippen LogP contribution is -2.47. The van der Waals surface area contributed by atoms with Crippen LogP contribution in [0.1, 0.15) is 60.1 Å². The number of likely N-dealkylation sites (tertiary alicyclic amines) is 1. The van der Waals surface area contributed by atoms with E-state index in [2.05, 4.69) is 9.50 Å². The molecule has 7 nitrogen and oxygen atoms in total. The molecule has 1 aromatic rings. The topological polar surface area (TPSA) is 76.8 Å². The molecule has 0 bridgehead atoms. The van der Waals surface area contributed by atoms with E-state index in [1.807, 2.05) is 52.3 Å². The van der Waals surface area contributed by atoms with E-state index in [0.717, 1.165) is 30.8 Å². The molecule has 1 atom stereocenters. The second-order valence-electron chi connectivity index (χ2n) is 9.42. The standard InChI is InChI=1S/C19H30N4O3S/c1-17(2,3)26-16(24)22-11-8-19(9-12-22)13-23-14(7-10-20-23)15(19)21-27(25)18(4,5)6/h7,10H,8-9,11-13H2,1-6H3/b21-15+. The highest BCUT2D eigenvalue weighted by atomic mass is 32.2. The van der Waals surface area contributed by atoms with Gasteiger partial charge in [0.25, 0.3) is 0 Å². The van der Waals surface area contributed by atoms with Crippen molar-refractivity contribution in [3.05, 3.63) is 18.0 Å². The lowest BCUT2D eigenvalue weighted by atomic mass is 9.75. The average Bonchev–Trinajstić information content (AvgIpc) is 3.07. The summed E-state index contributed by atoms with van der Waals surface area (Å²) >= 11 is 0. The van der Waals surface area contributed by atoms with Gasteiger partial charge in [-0.15, -0.1) is 0 Å². The summed E-state index contributed by atoms with van der Waals surface area (Å²) in [5, 5.41) is 4.40. The van der Waals surface area contributed by atoms with Crippen molar-refractivity contribution in [2.45, 2.75) is 71.3 Å². The molecule has 2 aliphatic rings. The van der Waals surface area contributed by atoms with Crippen molar-refractivity contribution in [1.29, 1.82) is 0 Å². The number of hydrogen-bond donors (Lipinski definition) is 0. The van der Waals surface area contributed by atoms with Crippen LogP contribution in [0.5, 0.6) is 0 Å². The van der Waals surface area contributed by atoms with Gasteiger partial charge < -0.3 is 9.64 Å². The van der Waals surface area contributed by atoms with Crippen LogP contribution >= 0.6 is 0 Å². The van der Waals surface area contributed by atoms with Gasteiger partial charge in [-0.25, -0.2) is 9.00 Å². The number of fused-ring (bicyclic) bond motifs is 1. The second kappa shape index (κ2) is 6.72. The van der Waals surface area contributed by atoms with E-state index >= 15 is 0 Å². The molecule has 1 fully saturated rings. The third kappa shape index (κ3) is 4.10. The molecule has 1 aromatic heterocycles. The fourth-order valence-corrected chi connectivity index (χ4v) is 4.22. The first-order valence-electron chi connectivity index (χ1n) is 9.43. The number of carbonyl (C=O) groups excluding carboxylic acids is 1. The highest BCUT2D eigenvalue weighted by Gasteiger charge is 2.48. The predicted molar refractivity (Wildman–Crippen MR) is 106 cm³/mol. The molecule has 27 heavy (non-hydrogen) atoms. The zero-order chi connectivity index (χ0) is 20.0. The van der Waals surface area contributed by atoms with Gasteiger partial charge in [-0.1, -0.05) is 0 Å². The summed E-state index contributed by atoms with van der Waals surface area (Å²) in [7, 11) is -1.34. The Morgan fingerprint density at radius 3 is 2.41 bits per heavy atom. The monoisotopic (exact) mass is 394 g/mol. The average molecular weight is 395 g/mol. The van der Waals surface area contributed by atoms with E-state index in [9.17, 15) is 9.00 Å². The summed E-state index contributed by atoms with van der Waals surface area (Å²) < 4.78 is 24.4. The highest BCUT2D eigenvalue weighted by Crippen LogP contribution is 2.42. The molecule has 8 heteroatoms. The SMILES string of the molecule is CC(C)(C)OC(=O)N1CCC2(CC1)Cn1nccc1/C2=N\S(=O)C(C)(C)C. The zero-order valence-electron chi connectivity index (χ0n) is 17.1. The van der Waals surface area contributed by atoms with Crippen LogP contribution in [0.15, 0.2) is 16.7 Å². The molecule has 0 radical (unpaired) electrons. The van der Waals surface area contributed by atoms with Gasteiger partial charge in [-0.2, -0.15) is 9.50 Å². The van der Waals surface area contributed by atoms with Crippen LogP contribution in [-0.4, -0.2) is 54.1 Å². The molecule has 0 saturated carbocycles. The Balaban J connectivity index is 1.82. The first-order chi connectivity index (χ1) is 12.4. The van der Waals surface area contributed by atoms with E-state index in [1.165, 1.54) is 0 Å². The van der Waals surface area contributed by atoms with Gasteiger partial charge in [0.1, 0.15) is 16.6 Å². The molecule has 0 N–H and O–H groups in total. The maximum Gasteiger partial charge on any atom is 0.410 e. The van der Waals surface area contributed by atoms with Crippen LogP contribution in [0.25, 0.3) is 0 Å². The number of ether oxygens (including phenoxy) is 1. The van der Waals surface area contributed by atoms with Gasteiger partial charge in [0.05, 0.1) is 22.7 Å². The molecule has 1 saturated heterocycles. The first-order valence-corrected chi connectivity index (χ1v) is 10.5. The van der Waals surface area contributed by atoms with Gasteiger partial charge in [0.15, 0.2) is 0 Å². The number of amides is 1. The predicted octanol–water partition coefficient (Wildman–Crippen LogP) is 3.17. The number of carbonyl (C=O) groups is 1.